The van der Waals surface area contributed by atoms with Crippen LogP contribution in [0.4, 0.5) is 0 Å². The van der Waals surface area contributed by atoms with Gasteiger partial charge in [0.2, 0.25) is 0 Å². The molecule has 0 aliphatic carbocycles. The van der Waals surface area contributed by atoms with Gasteiger partial charge in [0.1, 0.15) is 0 Å². The number of carbonyl (C=O) groups is 1. The number of nitrogens with one attached hydrogen (secondary N) is 1. The van der Waals surface area contributed by atoms with Gasteiger partial charge in [0.05, 0.1) is 0 Å². The Labute approximate surface area is 100 Å². The summed E-state index contributed by atoms with van der Waals surface area (Å²) in [6, 6.07) is 5.24. The Hall–Kier alpha value is -1.06. The molecule has 0 aromatic heterocycles. The Morgan fingerprint density at radius 1 is 1.44 bits per heavy atom. The number of amides is 1. The minimum Gasteiger partial charge on any atom is -0.396 e. The van der Waals surface area contributed by atoms with Crippen molar-refractivity contribution in [3.05, 3.63) is 34.3 Å². The molecule has 0 spiro atoms. The highest BCUT2D eigenvalue weighted by atomic mass is 35.5. The average molecular weight is 242 g/mol. The first-order valence-corrected chi connectivity index (χ1v) is 5.68. The standard InChI is InChI=1S/C12H16ClNO2/c1-9-4-5-10(8-11(9)13)12(16)14-6-2-3-7-15/h4-5,8,15H,2-3,6-7H2,1H3,(H,14,16). The molecule has 88 valence electrons. The topological polar surface area (TPSA) is 49.3 Å². The lowest BCUT2D eigenvalue weighted by Crippen LogP contribution is -2.24. The quantitative estimate of drug-likeness (QED) is 0.776. The maximum atomic E-state index is 11.6. The first-order valence-electron chi connectivity index (χ1n) is 5.30. The van der Waals surface area contributed by atoms with E-state index in [4.69, 9.17) is 16.7 Å². The largest absolute Gasteiger partial charge is 0.396 e. The third-order valence-corrected chi connectivity index (χ3v) is 2.71. The van der Waals surface area contributed by atoms with E-state index in [1.807, 2.05) is 13.0 Å². The summed E-state index contributed by atoms with van der Waals surface area (Å²) in [7, 11) is 0. The smallest absolute Gasteiger partial charge is 0.251 e. The van der Waals surface area contributed by atoms with Crippen molar-refractivity contribution in [2.24, 2.45) is 0 Å². The van der Waals surface area contributed by atoms with Crippen molar-refractivity contribution >= 4 is 17.5 Å². The molecule has 0 aliphatic rings. The van der Waals surface area contributed by atoms with Crippen LogP contribution in [-0.2, 0) is 0 Å². The molecule has 1 aromatic carbocycles. The molecule has 0 unspecified atom stereocenters. The number of aliphatic hydroxyl groups is 1. The summed E-state index contributed by atoms with van der Waals surface area (Å²) in [6.07, 6.45) is 1.48. The van der Waals surface area contributed by atoms with Gasteiger partial charge >= 0.3 is 0 Å². The Kier molecular flexibility index (Phi) is 5.29. The van der Waals surface area contributed by atoms with E-state index in [0.29, 0.717) is 23.6 Å². The molecule has 0 saturated carbocycles. The minimum absolute atomic E-state index is 0.125. The highest BCUT2D eigenvalue weighted by molar-refractivity contribution is 6.31. The van der Waals surface area contributed by atoms with Crippen LogP contribution in [0, 0.1) is 6.92 Å². The van der Waals surface area contributed by atoms with E-state index in [1.165, 1.54) is 0 Å². The van der Waals surface area contributed by atoms with Crippen molar-refractivity contribution in [1.29, 1.82) is 0 Å². The number of hydrogen-bond donors (Lipinski definition) is 2. The molecule has 0 aliphatic heterocycles. The van der Waals surface area contributed by atoms with E-state index >= 15 is 0 Å². The van der Waals surface area contributed by atoms with Crippen LogP contribution < -0.4 is 5.32 Å². The molecule has 4 heteroatoms. The van der Waals surface area contributed by atoms with E-state index in [1.54, 1.807) is 12.1 Å². The van der Waals surface area contributed by atoms with Gasteiger partial charge in [-0.05, 0) is 37.5 Å². The lowest BCUT2D eigenvalue weighted by atomic mass is 10.1. The SMILES string of the molecule is Cc1ccc(C(=O)NCCCCO)cc1Cl. The van der Waals surface area contributed by atoms with Gasteiger partial charge in [0.25, 0.3) is 5.91 Å². The third-order valence-electron chi connectivity index (χ3n) is 2.30. The molecule has 0 bridgehead atoms. The number of unbranched alkanes of at least 4 members (excludes halogenated alkanes) is 1. The Balaban J connectivity index is 2.50. The van der Waals surface area contributed by atoms with Gasteiger partial charge in [-0.3, -0.25) is 4.79 Å². The monoisotopic (exact) mass is 241 g/mol. The predicted octanol–water partition coefficient (Wildman–Crippen LogP) is 2.15. The second kappa shape index (κ2) is 6.51. The fourth-order valence-corrected chi connectivity index (χ4v) is 1.46. The molecular weight excluding hydrogens is 226 g/mol. The number of rotatable bonds is 5. The Bertz CT molecular complexity index is 366. The minimum atomic E-state index is -0.125. The summed E-state index contributed by atoms with van der Waals surface area (Å²) in [5, 5.41) is 12.0. The molecule has 0 atom stereocenters. The number of carbonyl (C=O) groups excluding carboxylic acids is 1. The average Bonchev–Trinajstić information content (AvgIpc) is 2.28. The highest BCUT2D eigenvalue weighted by Crippen LogP contribution is 2.16. The van der Waals surface area contributed by atoms with Gasteiger partial charge in [-0.15, -0.1) is 0 Å². The van der Waals surface area contributed by atoms with E-state index in [9.17, 15) is 4.79 Å². The molecular formula is C12H16ClNO2. The molecule has 0 radical (unpaired) electrons. The molecule has 3 nitrogen and oxygen atoms in total. The summed E-state index contributed by atoms with van der Waals surface area (Å²) in [5.41, 5.74) is 1.53. The van der Waals surface area contributed by atoms with Crippen LogP contribution in [0.1, 0.15) is 28.8 Å². The van der Waals surface area contributed by atoms with Crippen LogP contribution >= 0.6 is 11.6 Å². The van der Waals surface area contributed by atoms with Crippen molar-refractivity contribution in [1.82, 2.24) is 5.32 Å². The van der Waals surface area contributed by atoms with Crippen LogP contribution in [0.5, 0.6) is 0 Å². The third kappa shape index (κ3) is 3.83. The summed E-state index contributed by atoms with van der Waals surface area (Å²) in [5.74, 6) is -0.125. The highest BCUT2D eigenvalue weighted by Gasteiger charge is 2.06. The van der Waals surface area contributed by atoms with Gasteiger partial charge in [0.15, 0.2) is 0 Å². The fourth-order valence-electron chi connectivity index (χ4n) is 1.27. The maximum absolute atomic E-state index is 11.6. The molecule has 16 heavy (non-hydrogen) atoms. The van der Waals surface area contributed by atoms with Crippen LogP contribution in [0.2, 0.25) is 5.02 Å². The van der Waals surface area contributed by atoms with E-state index in [-0.39, 0.29) is 12.5 Å². The number of aliphatic hydroxyl groups excluding tert-OH is 1. The molecule has 2 N–H and O–H groups in total. The van der Waals surface area contributed by atoms with E-state index in [0.717, 1.165) is 12.0 Å². The molecule has 1 rings (SSSR count). The van der Waals surface area contributed by atoms with Crippen LogP contribution in [0.3, 0.4) is 0 Å². The normalized spacial score (nSPS) is 10.2. The predicted molar refractivity (Wildman–Crippen MR) is 64.8 cm³/mol. The summed E-state index contributed by atoms with van der Waals surface area (Å²) >= 11 is 5.93. The summed E-state index contributed by atoms with van der Waals surface area (Å²) in [4.78, 5) is 11.6. The zero-order chi connectivity index (χ0) is 12.0. The number of halogens is 1. The zero-order valence-corrected chi connectivity index (χ0v) is 10.0. The summed E-state index contributed by atoms with van der Waals surface area (Å²) in [6.45, 7) is 2.63. The first kappa shape index (κ1) is 13.0. The zero-order valence-electron chi connectivity index (χ0n) is 9.29. The van der Waals surface area contributed by atoms with Gasteiger partial charge in [-0.2, -0.15) is 0 Å². The molecule has 1 aromatic rings. The Morgan fingerprint density at radius 3 is 2.81 bits per heavy atom. The van der Waals surface area contributed by atoms with Crippen LogP contribution in [0.25, 0.3) is 0 Å². The number of benzene rings is 1. The maximum Gasteiger partial charge on any atom is 0.251 e. The van der Waals surface area contributed by atoms with Crippen molar-refractivity contribution in [2.45, 2.75) is 19.8 Å². The van der Waals surface area contributed by atoms with Crippen molar-refractivity contribution < 1.29 is 9.90 Å². The van der Waals surface area contributed by atoms with E-state index in [2.05, 4.69) is 5.32 Å². The van der Waals surface area contributed by atoms with Gasteiger partial charge < -0.3 is 10.4 Å². The number of hydrogen-bond acceptors (Lipinski definition) is 2. The number of aryl methyl sites for hydroxylation is 1. The fraction of sp³-hybridized carbons (Fsp3) is 0.417. The second-order valence-corrected chi connectivity index (χ2v) is 4.06. The van der Waals surface area contributed by atoms with E-state index < -0.39 is 0 Å². The van der Waals surface area contributed by atoms with Crippen molar-refractivity contribution in [2.75, 3.05) is 13.2 Å². The van der Waals surface area contributed by atoms with Crippen molar-refractivity contribution in [3.8, 4) is 0 Å². The van der Waals surface area contributed by atoms with Gasteiger partial charge in [0, 0.05) is 23.7 Å². The lowest BCUT2D eigenvalue weighted by Gasteiger charge is -2.05. The molecule has 0 saturated heterocycles. The Morgan fingerprint density at radius 2 is 2.19 bits per heavy atom. The van der Waals surface area contributed by atoms with Crippen molar-refractivity contribution in [3.63, 3.8) is 0 Å². The van der Waals surface area contributed by atoms with Gasteiger partial charge in [-0.25, -0.2) is 0 Å². The van der Waals surface area contributed by atoms with Crippen LogP contribution in [-0.4, -0.2) is 24.2 Å². The second-order valence-electron chi connectivity index (χ2n) is 3.65. The summed E-state index contributed by atoms with van der Waals surface area (Å²) < 4.78 is 0. The molecule has 1 amide bonds. The van der Waals surface area contributed by atoms with Crippen LogP contribution in [0.15, 0.2) is 18.2 Å². The molecule has 0 heterocycles. The first-order chi connectivity index (χ1) is 7.65. The van der Waals surface area contributed by atoms with Gasteiger partial charge in [-0.1, -0.05) is 17.7 Å². The lowest BCUT2D eigenvalue weighted by molar-refractivity contribution is 0.0952. The molecule has 0 fully saturated rings.